The maximum Gasteiger partial charge on any atom is 0.104 e. The van der Waals surface area contributed by atoms with Gasteiger partial charge in [0.1, 0.15) is 5.84 Å². The molecule has 0 amide bonds. The molecule has 0 atom stereocenters. The molecule has 0 aliphatic heterocycles. The molecule has 1 saturated carbocycles. The summed E-state index contributed by atoms with van der Waals surface area (Å²) in [7, 11) is 1.69. The number of hydrogen-bond acceptors (Lipinski definition) is 2. The van der Waals surface area contributed by atoms with Crippen molar-refractivity contribution < 1.29 is 4.74 Å². The molecule has 0 saturated heterocycles. The van der Waals surface area contributed by atoms with Crippen LogP contribution in [0.3, 0.4) is 0 Å². The molecular formula is C15H22N2O. The number of benzene rings is 1. The molecule has 0 unspecified atom stereocenters. The topological polar surface area (TPSA) is 47.6 Å². The van der Waals surface area contributed by atoms with Crippen LogP contribution < -0.4 is 5.73 Å². The van der Waals surface area contributed by atoms with Crippen molar-refractivity contribution in [2.75, 3.05) is 20.3 Å². The quantitative estimate of drug-likeness (QED) is 0.493. The van der Waals surface area contributed by atoms with Gasteiger partial charge in [0, 0.05) is 7.11 Å². The van der Waals surface area contributed by atoms with Crippen molar-refractivity contribution in [3.05, 3.63) is 35.9 Å². The van der Waals surface area contributed by atoms with Crippen LogP contribution in [0.4, 0.5) is 0 Å². The van der Waals surface area contributed by atoms with Crippen LogP contribution in [-0.2, 0) is 10.2 Å². The van der Waals surface area contributed by atoms with E-state index < -0.39 is 0 Å². The smallest absolute Gasteiger partial charge is 0.104 e. The molecule has 1 aromatic rings. The van der Waals surface area contributed by atoms with Crippen LogP contribution in [0.15, 0.2) is 35.3 Å². The number of hydrogen-bond donors (Lipinski definition) is 1. The van der Waals surface area contributed by atoms with Gasteiger partial charge < -0.3 is 10.5 Å². The van der Waals surface area contributed by atoms with Crippen LogP contribution in [0.25, 0.3) is 0 Å². The van der Waals surface area contributed by atoms with Gasteiger partial charge in [0.2, 0.25) is 0 Å². The van der Waals surface area contributed by atoms with Crippen molar-refractivity contribution in [1.29, 1.82) is 0 Å². The molecule has 3 nitrogen and oxygen atoms in total. The van der Waals surface area contributed by atoms with E-state index in [-0.39, 0.29) is 5.41 Å². The van der Waals surface area contributed by atoms with Gasteiger partial charge in [-0.1, -0.05) is 43.2 Å². The highest BCUT2D eigenvalue weighted by Gasteiger charge is 2.39. The third kappa shape index (κ3) is 2.56. The summed E-state index contributed by atoms with van der Waals surface area (Å²) in [5, 5.41) is 0. The van der Waals surface area contributed by atoms with Gasteiger partial charge in [0.05, 0.1) is 18.6 Å². The number of rotatable bonds is 5. The highest BCUT2D eigenvalue weighted by Crippen LogP contribution is 2.41. The van der Waals surface area contributed by atoms with Crippen LogP contribution in [0.1, 0.15) is 31.2 Å². The molecule has 0 bridgehead atoms. The fourth-order valence-corrected chi connectivity index (χ4v) is 2.84. The monoisotopic (exact) mass is 246 g/mol. The van der Waals surface area contributed by atoms with Crippen molar-refractivity contribution in [1.82, 2.24) is 0 Å². The predicted octanol–water partition coefficient (Wildman–Crippen LogP) is 2.50. The molecular weight excluding hydrogens is 224 g/mol. The van der Waals surface area contributed by atoms with Gasteiger partial charge >= 0.3 is 0 Å². The maximum atomic E-state index is 6.28. The fourth-order valence-electron chi connectivity index (χ4n) is 2.84. The first-order valence-electron chi connectivity index (χ1n) is 6.64. The van der Waals surface area contributed by atoms with Crippen molar-refractivity contribution in [2.45, 2.75) is 31.1 Å². The van der Waals surface area contributed by atoms with Crippen LogP contribution in [0.2, 0.25) is 0 Å². The van der Waals surface area contributed by atoms with Crippen molar-refractivity contribution >= 4 is 5.84 Å². The van der Waals surface area contributed by atoms with Crippen LogP contribution in [-0.4, -0.2) is 26.1 Å². The van der Waals surface area contributed by atoms with Crippen LogP contribution >= 0.6 is 0 Å². The lowest BCUT2D eigenvalue weighted by Gasteiger charge is -2.29. The summed E-state index contributed by atoms with van der Waals surface area (Å²) in [6.45, 7) is 1.28. The first kappa shape index (κ1) is 13.1. The minimum Gasteiger partial charge on any atom is -0.387 e. The molecule has 18 heavy (non-hydrogen) atoms. The Morgan fingerprint density at radius 2 is 1.94 bits per heavy atom. The SMILES string of the molecule is COCCN=C(N)C1(c2ccccc2)CCCC1. The zero-order valence-electron chi connectivity index (χ0n) is 11.1. The van der Waals surface area contributed by atoms with Crippen LogP contribution in [0.5, 0.6) is 0 Å². The normalized spacial score (nSPS) is 19.1. The molecule has 0 aromatic heterocycles. The Hall–Kier alpha value is -1.35. The van der Waals surface area contributed by atoms with Crippen molar-refractivity contribution in [3.63, 3.8) is 0 Å². The van der Waals surface area contributed by atoms with Crippen LogP contribution in [0, 0.1) is 0 Å². The standard InChI is InChI=1S/C15H22N2O/c1-18-12-11-17-14(16)15(9-5-6-10-15)13-7-3-2-4-8-13/h2-4,7-8H,5-6,9-12H2,1H3,(H2,16,17). The summed E-state index contributed by atoms with van der Waals surface area (Å²) in [4.78, 5) is 4.51. The number of nitrogens with zero attached hydrogens (tertiary/aromatic N) is 1. The fraction of sp³-hybridized carbons (Fsp3) is 0.533. The minimum absolute atomic E-state index is 0.0327. The maximum absolute atomic E-state index is 6.28. The zero-order chi connectivity index (χ0) is 12.8. The Labute approximate surface area is 109 Å². The zero-order valence-corrected chi connectivity index (χ0v) is 11.1. The van der Waals surface area contributed by atoms with Gasteiger partial charge in [-0.2, -0.15) is 0 Å². The van der Waals surface area contributed by atoms with Gasteiger partial charge in [-0.3, -0.25) is 4.99 Å². The van der Waals surface area contributed by atoms with E-state index in [9.17, 15) is 0 Å². The van der Waals surface area contributed by atoms with Gasteiger partial charge in [-0.15, -0.1) is 0 Å². The Kier molecular flexibility index (Phi) is 4.37. The lowest BCUT2D eigenvalue weighted by atomic mass is 9.78. The average molecular weight is 246 g/mol. The number of nitrogens with two attached hydrogens (primary N) is 1. The second kappa shape index (κ2) is 6.01. The van der Waals surface area contributed by atoms with Crippen molar-refractivity contribution in [3.8, 4) is 0 Å². The highest BCUT2D eigenvalue weighted by molar-refractivity contribution is 5.92. The largest absolute Gasteiger partial charge is 0.387 e. The van der Waals surface area contributed by atoms with Gasteiger partial charge in [-0.05, 0) is 18.4 Å². The minimum atomic E-state index is -0.0327. The summed E-state index contributed by atoms with van der Waals surface area (Å²) in [6, 6.07) is 10.5. The summed E-state index contributed by atoms with van der Waals surface area (Å²) in [5.74, 6) is 0.781. The number of amidine groups is 1. The molecule has 2 N–H and O–H groups in total. The summed E-state index contributed by atoms with van der Waals surface area (Å²) in [6.07, 6.45) is 4.68. The molecule has 0 radical (unpaired) electrons. The van der Waals surface area contributed by atoms with E-state index in [0.29, 0.717) is 13.2 Å². The van der Waals surface area contributed by atoms with E-state index in [4.69, 9.17) is 10.5 Å². The molecule has 98 valence electrons. The van der Waals surface area contributed by atoms with E-state index in [1.807, 2.05) is 6.07 Å². The first-order chi connectivity index (χ1) is 8.79. The summed E-state index contributed by atoms with van der Waals surface area (Å²) < 4.78 is 5.03. The Bertz CT molecular complexity index is 394. The Morgan fingerprint density at radius 1 is 1.28 bits per heavy atom. The summed E-state index contributed by atoms with van der Waals surface area (Å²) in [5.41, 5.74) is 7.56. The molecule has 3 heteroatoms. The molecule has 2 rings (SSSR count). The number of ether oxygens (including phenoxy) is 1. The average Bonchev–Trinajstić information content (AvgIpc) is 2.90. The lowest BCUT2D eigenvalue weighted by Crippen LogP contribution is -2.39. The molecule has 0 heterocycles. The Balaban J connectivity index is 2.24. The molecule has 1 aliphatic carbocycles. The third-order valence-corrected chi connectivity index (χ3v) is 3.85. The van der Waals surface area contributed by atoms with Gasteiger partial charge in [0.25, 0.3) is 0 Å². The molecule has 1 aliphatic rings. The first-order valence-corrected chi connectivity index (χ1v) is 6.64. The molecule has 1 fully saturated rings. The van der Waals surface area contributed by atoms with E-state index in [2.05, 4.69) is 29.3 Å². The summed E-state index contributed by atoms with van der Waals surface area (Å²) >= 11 is 0. The predicted molar refractivity (Wildman–Crippen MR) is 75.0 cm³/mol. The van der Waals surface area contributed by atoms with Crippen molar-refractivity contribution in [2.24, 2.45) is 10.7 Å². The van der Waals surface area contributed by atoms with E-state index >= 15 is 0 Å². The molecule has 1 aromatic carbocycles. The molecule has 0 spiro atoms. The van der Waals surface area contributed by atoms with E-state index in [0.717, 1.165) is 18.7 Å². The highest BCUT2D eigenvalue weighted by atomic mass is 16.5. The third-order valence-electron chi connectivity index (χ3n) is 3.85. The van der Waals surface area contributed by atoms with E-state index in [1.54, 1.807) is 7.11 Å². The van der Waals surface area contributed by atoms with Gasteiger partial charge in [-0.25, -0.2) is 0 Å². The number of aliphatic imine (C=N–C) groups is 1. The van der Waals surface area contributed by atoms with E-state index in [1.165, 1.54) is 18.4 Å². The Morgan fingerprint density at radius 3 is 2.56 bits per heavy atom. The second-order valence-corrected chi connectivity index (χ2v) is 4.91. The number of methoxy groups -OCH3 is 1. The second-order valence-electron chi connectivity index (χ2n) is 4.91. The van der Waals surface area contributed by atoms with Gasteiger partial charge in [0.15, 0.2) is 0 Å². The lowest BCUT2D eigenvalue weighted by molar-refractivity contribution is 0.208.